The van der Waals surface area contributed by atoms with Crippen LogP contribution >= 0.6 is 0 Å². The van der Waals surface area contributed by atoms with E-state index in [0.717, 1.165) is 12.8 Å². The first-order chi connectivity index (χ1) is 10.0. The van der Waals surface area contributed by atoms with Crippen molar-refractivity contribution in [2.75, 3.05) is 5.32 Å². The average Bonchev–Trinajstić information content (AvgIpc) is 3.23. The summed E-state index contributed by atoms with van der Waals surface area (Å²) in [7, 11) is 0. The molecule has 0 heterocycles. The molecule has 6 heteroatoms. The third kappa shape index (κ3) is 5.25. The van der Waals surface area contributed by atoms with Crippen molar-refractivity contribution in [3.05, 3.63) is 29.8 Å². The number of nitrogens with one attached hydrogen (secondary N) is 2. The lowest BCUT2D eigenvalue weighted by atomic mass is 10.2. The van der Waals surface area contributed by atoms with Gasteiger partial charge in [-0.3, -0.25) is 14.4 Å². The fourth-order valence-electron chi connectivity index (χ4n) is 1.82. The molecule has 0 radical (unpaired) electrons. The number of carboxylic acids is 1. The van der Waals surface area contributed by atoms with Gasteiger partial charge in [-0.1, -0.05) is 0 Å². The molecule has 112 valence electrons. The molecule has 1 aromatic rings. The number of rotatable bonds is 7. The van der Waals surface area contributed by atoms with Crippen molar-refractivity contribution in [3.8, 4) is 0 Å². The molecule has 0 aliphatic heterocycles. The van der Waals surface area contributed by atoms with Crippen LogP contribution in [0.15, 0.2) is 24.3 Å². The van der Waals surface area contributed by atoms with Gasteiger partial charge in [-0.2, -0.15) is 0 Å². The second-order valence-electron chi connectivity index (χ2n) is 5.12. The van der Waals surface area contributed by atoms with Crippen LogP contribution in [0.4, 0.5) is 5.69 Å². The molecule has 2 rings (SSSR count). The monoisotopic (exact) mass is 290 g/mol. The molecule has 6 nitrogen and oxygen atoms in total. The summed E-state index contributed by atoms with van der Waals surface area (Å²) in [5.41, 5.74) is 1.16. The molecule has 0 spiro atoms. The molecule has 2 amide bonds. The fraction of sp³-hybridized carbons (Fsp3) is 0.400. The minimum absolute atomic E-state index is 0.0201. The van der Waals surface area contributed by atoms with E-state index >= 15 is 0 Å². The molecule has 1 aliphatic rings. The summed E-state index contributed by atoms with van der Waals surface area (Å²) in [6.07, 6.45) is 2.53. The Labute approximate surface area is 122 Å². The highest BCUT2D eigenvalue weighted by Gasteiger charge is 2.23. The van der Waals surface area contributed by atoms with Crippen molar-refractivity contribution >= 4 is 23.5 Å². The first kappa shape index (κ1) is 15.0. The molecule has 0 aromatic heterocycles. The van der Waals surface area contributed by atoms with Crippen molar-refractivity contribution in [1.29, 1.82) is 0 Å². The second-order valence-corrected chi connectivity index (χ2v) is 5.12. The summed E-state index contributed by atoms with van der Waals surface area (Å²) in [6.45, 7) is 0. The average molecular weight is 290 g/mol. The maximum absolute atomic E-state index is 11.8. The molecule has 1 aliphatic carbocycles. The number of aliphatic carboxylic acids is 1. The summed E-state index contributed by atoms with van der Waals surface area (Å²) in [5, 5.41) is 14.1. The molecule has 0 atom stereocenters. The minimum atomic E-state index is -0.908. The highest BCUT2D eigenvalue weighted by atomic mass is 16.4. The van der Waals surface area contributed by atoms with E-state index in [9.17, 15) is 14.4 Å². The standard InChI is InChI=1S/C15H18N2O4/c18-13(2-1-3-14(19)20)16-11-6-4-10(5-7-11)15(21)17-12-8-9-12/h4-7,12H,1-3,8-9H2,(H,16,18)(H,17,21)(H,19,20). The first-order valence-corrected chi connectivity index (χ1v) is 6.97. The quantitative estimate of drug-likeness (QED) is 0.713. The van der Waals surface area contributed by atoms with Gasteiger partial charge in [-0.05, 0) is 43.5 Å². The van der Waals surface area contributed by atoms with Gasteiger partial charge >= 0.3 is 5.97 Å². The van der Waals surface area contributed by atoms with Crippen LogP contribution < -0.4 is 10.6 Å². The Bertz CT molecular complexity index is 535. The third-order valence-electron chi connectivity index (χ3n) is 3.14. The number of hydrogen-bond donors (Lipinski definition) is 3. The molecular weight excluding hydrogens is 272 g/mol. The lowest BCUT2D eigenvalue weighted by Gasteiger charge is -2.06. The zero-order valence-corrected chi connectivity index (χ0v) is 11.6. The Morgan fingerprint density at radius 3 is 2.33 bits per heavy atom. The van der Waals surface area contributed by atoms with Crippen molar-refractivity contribution in [2.45, 2.75) is 38.1 Å². The van der Waals surface area contributed by atoms with Crippen LogP contribution in [-0.2, 0) is 9.59 Å². The van der Waals surface area contributed by atoms with Gasteiger partial charge in [0, 0.05) is 30.1 Å². The third-order valence-corrected chi connectivity index (χ3v) is 3.14. The van der Waals surface area contributed by atoms with Gasteiger partial charge in [0.25, 0.3) is 5.91 Å². The van der Waals surface area contributed by atoms with Crippen molar-refractivity contribution in [2.24, 2.45) is 0 Å². The van der Waals surface area contributed by atoms with Gasteiger partial charge in [-0.25, -0.2) is 0 Å². The van der Waals surface area contributed by atoms with Gasteiger partial charge in [-0.15, -0.1) is 0 Å². The molecule has 1 aromatic carbocycles. The van der Waals surface area contributed by atoms with E-state index in [1.807, 2.05) is 0 Å². The Balaban J connectivity index is 1.79. The topological polar surface area (TPSA) is 95.5 Å². The summed E-state index contributed by atoms with van der Waals surface area (Å²) >= 11 is 0. The largest absolute Gasteiger partial charge is 0.481 e. The number of carboxylic acid groups (broad SMARTS) is 1. The lowest BCUT2D eigenvalue weighted by Crippen LogP contribution is -2.25. The van der Waals surface area contributed by atoms with E-state index < -0.39 is 5.97 Å². The van der Waals surface area contributed by atoms with Gasteiger partial charge in [0.15, 0.2) is 0 Å². The van der Waals surface area contributed by atoms with Crippen molar-refractivity contribution < 1.29 is 19.5 Å². The van der Waals surface area contributed by atoms with Crippen molar-refractivity contribution in [1.82, 2.24) is 5.32 Å². The van der Waals surface area contributed by atoms with Gasteiger partial charge in [0.2, 0.25) is 5.91 Å². The number of hydrogen-bond acceptors (Lipinski definition) is 3. The molecule has 3 N–H and O–H groups in total. The minimum Gasteiger partial charge on any atom is -0.481 e. The molecule has 21 heavy (non-hydrogen) atoms. The summed E-state index contributed by atoms with van der Waals surface area (Å²) < 4.78 is 0. The molecule has 1 saturated carbocycles. The predicted octanol–water partition coefficient (Wildman–Crippen LogP) is 1.77. The smallest absolute Gasteiger partial charge is 0.303 e. The van der Waals surface area contributed by atoms with E-state index in [-0.39, 0.29) is 24.7 Å². The number of carbonyl (C=O) groups is 3. The summed E-state index contributed by atoms with van der Waals surface area (Å²) in [5.74, 6) is -1.24. The molecular formula is C15H18N2O4. The lowest BCUT2D eigenvalue weighted by molar-refractivity contribution is -0.137. The Morgan fingerprint density at radius 2 is 1.76 bits per heavy atom. The molecule has 0 bridgehead atoms. The van der Waals surface area contributed by atoms with Gasteiger partial charge in [0.05, 0.1) is 0 Å². The van der Waals surface area contributed by atoms with E-state index in [1.165, 1.54) is 0 Å². The number of carbonyl (C=O) groups excluding carboxylic acids is 2. The number of benzene rings is 1. The highest BCUT2D eigenvalue weighted by Crippen LogP contribution is 2.19. The maximum atomic E-state index is 11.8. The fourth-order valence-corrected chi connectivity index (χ4v) is 1.82. The van der Waals surface area contributed by atoms with Crippen LogP contribution in [0.3, 0.4) is 0 Å². The SMILES string of the molecule is O=C(O)CCCC(=O)Nc1ccc(C(=O)NC2CC2)cc1. The summed E-state index contributed by atoms with van der Waals surface area (Å²) in [6, 6.07) is 6.95. The van der Waals surface area contributed by atoms with Crippen LogP contribution in [-0.4, -0.2) is 28.9 Å². The highest BCUT2D eigenvalue weighted by molar-refractivity contribution is 5.96. The van der Waals surface area contributed by atoms with Crippen LogP contribution in [0, 0.1) is 0 Å². The van der Waals surface area contributed by atoms with Crippen molar-refractivity contribution in [3.63, 3.8) is 0 Å². The van der Waals surface area contributed by atoms with Gasteiger partial charge in [0.1, 0.15) is 0 Å². The zero-order chi connectivity index (χ0) is 15.2. The van der Waals surface area contributed by atoms with Crippen LogP contribution in [0.25, 0.3) is 0 Å². The summed E-state index contributed by atoms with van der Waals surface area (Å²) in [4.78, 5) is 33.7. The number of anilines is 1. The van der Waals surface area contributed by atoms with Crippen LogP contribution in [0.5, 0.6) is 0 Å². The van der Waals surface area contributed by atoms with Crippen LogP contribution in [0.1, 0.15) is 42.5 Å². The van der Waals surface area contributed by atoms with Gasteiger partial charge < -0.3 is 15.7 Å². The predicted molar refractivity (Wildman–Crippen MR) is 77.0 cm³/mol. The normalized spacial score (nSPS) is 13.5. The number of amides is 2. The Morgan fingerprint density at radius 1 is 1.10 bits per heavy atom. The van der Waals surface area contributed by atoms with E-state index in [1.54, 1.807) is 24.3 Å². The first-order valence-electron chi connectivity index (χ1n) is 6.97. The Hall–Kier alpha value is -2.37. The second kappa shape index (κ2) is 6.88. The van der Waals surface area contributed by atoms with E-state index in [4.69, 9.17) is 5.11 Å². The maximum Gasteiger partial charge on any atom is 0.303 e. The molecule has 1 fully saturated rings. The Kier molecular flexibility index (Phi) is 4.92. The van der Waals surface area contributed by atoms with E-state index in [2.05, 4.69) is 10.6 Å². The zero-order valence-electron chi connectivity index (χ0n) is 11.6. The molecule has 0 saturated heterocycles. The van der Waals surface area contributed by atoms with Crippen LogP contribution in [0.2, 0.25) is 0 Å². The molecule has 0 unspecified atom stereocenters. The van der Waals surface area contributed by atoms with E-state index in [0.29, 0.717) is 23.7 Å².